The molecule has 26 heavy (non-hydrogen) atoms. The van der Waals surface area contributed by atoms with Crippen molar-refractivity contribution in [3.05, 3.63) is 58.0 Å². The Balaban J connectivity index is 1.86. The number of rotatable bonds is 5. The highest BCUT2D eigenvalue weighted by molar-refractivity contribution is 7.92. The summed E-state index contributed by atoms with van der Waals surface area (Å²) in [5, 5.41) is 8.75. The molecule has 9 heteroatoms. The van der Waals surface area contributed by atoms with Gasteiger partial charge in [0.15, 0.2) is 0 Å². The number of nitrogens with zero attached hydrogens (tertiary/aromatic N) is 2. The van der Waals surface area contributed by atoms with Crippen molar-refractivity contribution in [1.82, 2.24) is 9.78 Å². The van der Waals surface area contributed by atoms with Gasteiger partial charge in [-0.25, -0.2) is 8.42 Å². The molecule has 3 rings (SSSR count). The van der Waals surface area contributed by atoms with Gasteiger partial charge in [-0.2, -0.15) is 5.10 Å². The number of hydrogen-bond acceptors (Lipinski definition) is 5. The maximum atomic E-state index is 12.7. The van der Waals surface area contributed by atoms with Gasteiger partial charge in [0.05, 0.1) is 27.7 Å². The van der Waals surface area contributed by atoms with Gasteiger partial charge in [-0.05, 0) is 37.4 Å². The van der Waals surface area contributed by atoms with Crippen LogP contribution in [0.3, 0.4) is 0 Å². The zero-order valence-electron chi connectivity index (χ0n) is 14.5. The second-order valence-corrected chi connectivity index (χ2v) is 8.30. The van der Waals surface area contributed by atoms with E-state index in [2.05, 4.69) is 15.1 Å². The van der Waals surface area contributed by atoms with Crippen molar-refractivity contribution in [3.63, 3.8) is 0 Å². The molecule has 0 fully saturated rings. The second kappa shape index (κ2) is 6.93. The van der Waals surface area contributed by atoms with Crippen LogP contribution >= 0.6 is 11.3 Å². The maximum Gasteiger partial charge on any atom is 0.267 e. The molecule has 2 N–H and O–H groups in total. The molecule has 7 nitrogen and oxygen atoms in total. The van der Waals surface area contributed by atoms with Crippen molar-refractivity contribution in [2.24, 2.45) is 7.05 Å². The van der Waals surface area contributed by atoms with Crippen LogP contribution in [0.5, 0.6) is 0 Å². The Hall–Kier alpha value is -2.65. The van der Waals surface area contributed by atoms with E-state index in [1.54, 1.807) is 48.3 Å². The average Bonchev–Trinajstić information content (AvgIpc) is 3.15. The summed E-state index contributed by atoms with van der Waals surface area (Å²) in [4.78, 5) is 13.1. The van der Waals surface area contributed by atoms with Crippen molar-refractivity contribution in [2.45, 2.75) is 18.7 Å². The van der Waals surface area contributed by atoms with Crippen LogP contribution < -0.4 is 10.0 Å². The summed E-state index contributed by atoms with van der Waals surface area (Å²) in [6, 6.07) is 9.59. The summed E-state index contributed by atoms with van der Waals surface area (Å²) in [5.41, 5.74) is 2.39. The van der Waals surface area contributed by atoms with Gasteiger partial charge in [0, 0.05) is 7.05 Å². The molecule has 0 aliphatic heterocycles. The van der Waals surface area contributed by atoms with Gasteiger partial charge in [0.2, 0.25) is 0 Å². The van der Waals surface area contributed by atoms with E-state index < -0.39 is 10.0 Å². The average molecular weight is 390 g/mol. The van der Waals surface area contributed by atoms with E-state index >= 15 is 0 Å². The molecule has 136 valence electrons. The standard InChI is InChI=1S/C17H18N4O3S2/c1-11-15(12(2)21(3)19-11)18-17(22)16-14(9-10-25-16)20-26(23,24)13-7-5-4-6-8-13/h4-10,20H,1-3H3,(H,18,22). The van der Waals surface area contributed by atoms with Crippen LogP contribution in [0.4, 0.5) is 11.4 Å². The molecule has 0 saturated heterocycles. The normalized spacial score (nSPS) is 11.3. The van der Waals surface area contributed by atoms with E-state index in [0.717, 1.165) is 5.69 Å². The third-order valence-corrected chi connectivity index (χ3v) is 6.21. The molecule has 0 aliphatic carbocycles. The lowest BCUT2D eigenvalue weighted by Crippen LogP contribution is -2.17. The first-order valence-electron chi connectivity index (χ1n) is 7.76. The first kappa shape index (κ1) is 18.2. The number of benzene rings is 1. The Morgan fingerprint density at radius 1 is 1.15 bits per heavy atom. The van der Waals surface area contributed by atoms with Crippen LogP contribution in [0.25, 0.3) is 0 Å². The molecule has 1 amide bonds. The quantitative estimate of drug-likeness (QED) is 0.700. The highest BCUT2D eigenvalue weighted by atomic mass is 32.2. The van der Waals surface area contributed by atoms with Crippen molar-refractivity contribution < 1.29 is 13.2 Å². The number of amides is 1. The fraction of sp³-hybridized carbons (Fsp3) is 0.176. The van der Waals surface area contributed by atoms with Crippen molar-refractivity contribution in [1.29, 1.82) is 0 Å². The van der Waals surface area contributed by atoms with Crippen LogP contribution in [0, 0.1) is 13.8 Å². The SMILES string of the molecule is Cc1nn(C)c(C)c1NC(=O)c1sccc1NS(=O)(=O)c1ccccc1. The number of aryl methyl sites for hydroxylation is 2. The first-order chi connectivity index (χ1) is 12.3. The Morgan fingerprint density at radius 2 is 1.85 bits per heavy atom. The Kier molecular flexibility index (Phi) is 4.84. The fourth-order valence-electron chi connectivity index (χ4n) is 2.49. The lowest BCUT2D eigenvalue weighted by atomic mass is 10.3. The largest absolute Gasteiger partial charge is 0.318 e. The summed E-state index contributed by atoms with van der Waals surface area (Å²) in [6.45, 7) is 3.65. The molecular weight excluding hydrogens is 372 g/mol. The molecule has 0 saturated carbocycles. The molecule has 2 aromatic heterocycles. The minimum Gasteiger partial charge on any atom is -0.318 e. The third kappa shape index (κ3) is 3.49. The number of hydrogen-bond donors (Lipinski definition) is 2. The zero-order valence-corrected chi connectivity index (χ0v) is 16.1. The van der Waals surface area contributed by atoms with Crippen LogP contribution in [0.2, 0.25) is 0 Å². The lowest BCUT2D eigenvalue weighted by molar-refractivity contribution is 0.103. The summed E-state index contributed by atoms with van der Waals surface area (Å²) < 4.78 is 29.1. The van der Waals surface area contributed by atoms with E-state index in [9.17, 15) is 13.2 Å². The summed E-state index contributed by atoms with van der Waals surface area (Å²) >= 11 is 1.17. The van der Waals surface area contributed by atoms with Gasteiger partial charge >= 0.3 is 0 Å². The van der Waals surface area contributed by atoms with Crippen LogP contribution in [0.1, 0.15) is 21.1 Å². The molecule has 0 radical (unpaired) electrons. The molecule has 2 heterocycles. The first-order valence-corrected chi connectivity index (χ1v) is 10.1. The van der Waals surface area contributed by atoms with Crippen LogP contribution in [-0.2, 0) is 17.1 Å². The van der Waals surface area contributed by atoms with Crippen molar-refractivity contribution >= 4 is 38.6 Å². The Labute approximate surface area is 155 Å². The predicted octanol–water partition coefficient (Wildman–Crippen LogP) is 3.15. The molecule has 0 bridgehead atoms. The van der Waals surface area contributed by atoms with Crippen molar-refractivity contribution in [3.8, 4) is 0 Å². The summed E-state index contributed by atoms with van der Waals surface area (Å²) in [6.07, 6.45) is 0. The van der Waals surface area contributed by atoms with Gasteiger partial charge in [-0.15, -0.1) is 11.3 Å². The van der Waals surface area contributed by atoms with E-state index in [1.807, 2.05) is 6.92 Å². The van der Waals surface area contributed by atoms with Crippen LogP contribution in [0.15, 0.2) is 46.7 Å². The maximum absolute atomic E-state index is 12.7. The Morgan fingerprint density at radius 3 is 2.46 bits per heavy atom. The smallest absolute Gasteiger partial charge is 0.267 e. The van der Waals surface area contributed by atoms with E-state index in [-0.39, 0.29) is 21.4 Å². The molecular formula is C17H18N4O3S2. The van der Waals surface area contributed by atoms with Gasteiger partial charge in [-0.3, -0.25) is 14.2 Å². The molecule has 0 aliphatic rings. The van der Waals surface area contributed by atoms with E-state index in [4.69, 9.17) is 0 Å². The number of carbonyl (C=O) groups excluding carboxylic acids is 1. The molecule has 0 atom stereocenters. The second-order valence-electron chi connectivity index (χ2n) is 5.71. The predicted molar refractivity (Wildman–Crippen MR) is 102 cm³/mol. The molecule has 3 aromatic rings. The number of aromatic nitrogens is 2. The van der Waals surface area contributed by atoms with Gasteiger partial charge in [0.25, 0.3) is 15.9 Å². The topological polar surface area (TPSA) is 93.1 Å². The number of sulfonamides is 1. The molecule has 1 aromatic carbocycles. The third-order valence-electron chi connectivity index (χ3n) is 3.92. The van der Waals surface area contributed by atoms with E-state index in [1.165, 1.54) is 23.5 Å². The van der Waals surface area contributed by atoms with Gasteiger partial charge in [-0.1, -0.05) is 18.2 Å². The van der Waals surface area contributed by atoms with Gasteiger partial charge < -0.3 is 5.32 Å². The Bertz CT molecular complexity index is 1050. The monoisotopic (exact) mass is 390 g/mol. The number of carbonyl (C=O) groups is 1. The molecule has 0 spiro atoms. The van der Waals surface area contributed by atoms with Gasteiger partial charge in [0.1, 0.15) is 4.88 Å². The van der Waals surface area contributed by atoms with E-state index in [0.29, 0.717) is 11.4 Å². The lowest BCUT2D eigenvalue weighted by Gasteiger charge is -2.09. The number of thiophene rings is 1. The molecule has 0 unspecified atom stereocenters. The number of nitrogens with one attached hydrogen (secondary N) is 2. The summed E-state index contributed by atoms with van der Waals surface area (Å²) in [7, 11) is -1.97. The zero-order chi connectivity index (χ0) is 18.9. The minimum atomic E-state index is -3.76. The fourth-order valence-corrected chi connectivity index (χ4v) is 4.40. The number of anilines is 2. The summed E-state index contributed by atoms with van der Waals surface area (Å²) in [5.74, 6) is -0.384. The highest BCUT2D eigenvalue weighted by Gasteiger charge is 2.21. The highest BCUT2D eigenvalue weighted by Crippen LogP contribution is 2.27. The van der Waals surface area contributed by atoms with Crippen molar-refractivity contribution in [2.75, 3.05) is 10.0 Å². The minimum absolute atomic E-state index is 0.136. The van der Waals surface area contributed by atoms with Crippen LogP contribution in [-0.4, -0.2) is 24.1 Å².